The number of hydrogen-bond donors (Lipinski definition) is 1. The minimum atomic E-state index is -3.29. The van der Waals surface area contributed by atoms with Gasteiger partial charge >= 0.3 is 0 Å². The summed E-state index contributed by atoms with van der Waals surface area (Å²) in [7, 11) is -3.29. The van der Waals surface area contributed by atoms with Crippen LogP contribution in [0.5, 0.6) is 11.6 Å². The van der Waals surface area contributed by atoms with Crippen molar-refractivity contribution >= 4 is 39.1 Å². The van der Waals surface area contributed by atoms with E-state index in [1.165, 1.54) is 29.2 Å². The number of aromatic nitrogens is 3. The number of aryl methyl sites for hydroxylation is 1. The summed E-state index contributed by atoms with van der Waals surface area (Å²) in [5, 5.41) is 4.56. The molecule has 1 aliphatic carbocycles. The zero-order valence-electron chi connectivity index (χ0n) is 20.7. The van der Waals surface area contributed by atoms with Crippen LogP contribution in [0.2, 0.25) is 5.02 Å². The van der Waals surface area contributed by atoms with Gasteiger partial charge in [0.05, 0.1) is 29.4 Å². The fourth-order valence-corrected chi connectivity index (χ4v) is 5.46. The third kappa shape index (κ3) is 5.27. The summed E-state index contributed by atoms with van der Waals surface area (Å²) in [6.07, 6.45) is 5.83. The average Bonchev–Trinajstić information content (AvgIpc) is 3.44. The van der Waals surface area contributed by atoms with E-state index in [4.69, 9.17) is 22.1 Å². The largest absolute Gasteiger partial charge is 0.433 e. The van der Waals surface area contributed by atoms with Crippen LogP contribution in [0, 0.1) is 18.6 Å². The number of Topliss-reactive ketones (excluding diaryl/α,β-unsaturated/α-hetero) is 1. The number of ether oxygens (including phenoxy) is 1. The Bertz CT molecular complexity index is 1780. The Morgan fingerprint density at radius 2 is 1.90 bits per heavy atom. The predicted molar refractivity (Wildman–Crippen MR) is 143 cm³/mol. The summed E-state index contributed by atoms with van der Waals surface area (Å²) in [4.78, 5) is 17.5. The maximum atomic E-state index is 13.9. The van der Waals surface area contributed by atoms with Gasteiger partial charge in [-0.3, -0.25) is 4.79 Å². The minimum absolute atomic E-state index is 0.0370. The van der Waals surface area contributed by atoms with Crippen LogP contribution in [0.3, 0.4) is 0 Å². The second-order valence-electron chi connectivity index (χ2n) is 9.21. The van der Waals surface area contributed by atoms with Crippen molar-refractivity contribution in [2.45, 2.75) is 19.1 Å². The number of anilines is 1. The van der Waals surface area contributed by atoms with Crippen LogP contribution in [0.25, 0.3) is 11.8 Å². The van der Waals surface area contributed by atoms with E-state index in [-0.39, 0.29) is 35.2 Å². The molecule has 0 bridgehead atoms. The number of nitrogen functional groups attached to an aromatic ring is 1. The Hall–Kier alpha value is -4.09. The predicted octanol–water partition coefficient (Wildman–Crippen LogP) is 5.25. The number of nitrogens with two attached hydrogens (primary N) is 1. The van der Waals surface area contributed by atoms with Crippen LogP contribution in [0.15, 0.2) is 54.4 Å². The van der Waals surface area contributed by atoms with Crippen molar-refractivity contribution in [3.63, 3.8) is 0 Å². The third-order valence-electron chi connectivity index (χ3n) is 6.19. The standard InChI is InChI=1S/C27H21ClF2N4O4S/c1-14-6-24(38-26-21(29)4-3-5-22(26)30)32-12-23(14)34-27(31)19(11-33-34)25(35)17-7-15-9-18(13-39(2,36)37)20(28)10-16(15)8-17/h3-6,8-12H,7,13,31H2,1-2H3. The zero-order valence-corrected chi connectivity index (χ0v) is 22.3. The molecular weight excluding hydrogens is 550 g/mol. The van der Waals surface area contributed by atoms with E-state index in [1.807, 2.05) is 0 Å². The molecule has 2 aromatic heterocycles. The molecule has 39 heavy (non-hydrogen) atoms. The number of fused-ring (bicyclic) bond motifs is 1. The fraction of sp³-hybridized carbons (Fsp3) is 0.148. The molecule has 0 saturated heterocycles. The molecule has 0 fully saturated rings. The van der Waals surface area contributed by atoms with Crippen molar-refractivity contribution in [1.82, 2.24) is 14.8 Å². The molecule has 2 heterocycles. The van der Waals surface area contributed by atoms with Gasteiger partial charge in [0.1, 0.15) is 5.82 Å². The minimum Gasteiger partial charge on any atom is -0.433 e. The highest BCUT2D eigenvalue weighted by Crippen LogP contribution is 2.34. The molecule has 0 atom stereocenters. The van der Waals surface area contributed by atoms with Crippen LogP contribution in [0.4, 0.5) is 14.6 Å². The number of halogens is 3. The van der Waals surface area contributed by atoms with Crippen molar-refractivity contribution in [2.24, 2.45) is 0 Å². The van der Waals surface area contributed by atoms with E-state index in [9.17, 15) is 22.0 Å². The number of pyridine rings is 1. The van der Waals surface area contributed by atoms with Gasteiger partial charge < -0.3 is 10.5 Å². The number of para-hydroxylation sites is 1. The first-order valence-corrected chi connectivity index (χ1v) is 14.0. The molecule has 200 valence electrons. The molecule has 0 unspecified atom stereocenters. The summed E-state index contributed by atoms with van der Waals surface area (Å²) in [6.45, 7) is 1.71. The summed E-state index contributed by atoms with van der Waals surface area (Å²) in [5.41, 5.74) is 9.93. The smallest absolute Gasteiger partial charge is 0.219 e. The Kier molecular flexibility index (Phi) is 6.73. The number of carbonyl (C=O) groups is 1. The van der Waals surface area contributed by atoms with Gasteiger partial charge in [0, 0.05) is 29.3 Å². The highest BCUT2D eigenvalue weighted by molar-refractivity contribution is 7.89. The van der Waals surface area contributed by atoms with Crippen LogP contribution in [-0.4, -0.2) is 35.2 Å². The van der Waals surface area contributed by atoms with Crippen LogP contribution in [-0.2, 0) is 22.0 Å². The lowest BCUT2D eigenvalue weighted by molar-refractivity contribution is 0.103. The first-order valence-electron chi connectivity index (χ1n) is 11.6. The van der Waals surface area contributed by atoms with Crippen molar-refractivity contribution in [3.05, 3.63) is 98.8 Å². The Balaban J connectivity index is 1.38. The molecule has 0 radical (unpaired) electrons. The molecule has 5 rings (SSSR count). The highest BCUT2D eigenvalue weighted by Gasteiger charge is 2.26. The molecule has 0 amide bonds. The van der Waals surface area contributed by atoms with E-state index < -0.39 is 27.2 Å². The summed E-state index contributed by atoms with van der Waals surface area (Å²) in [6, 6.07) is 8.20. The van der Waals surface area contributed by atoms with E-state index >= 15 is 0 Å². The van der Waals surface area contributed by atoms with E-state index in [0.29, 0.717) is 27.4 Å². The maximum Gasteiger partial charge on any atom is 0.219 e. The van der Waals surface area contributed by atoms with Gasteiger partial charge in [-0.05, 0) is 53.5 Å². The summed E-state index contributed by atoms with van der Waals surface area (Å²) in [5.74, 6) is -2.80. The fourth-order valence-electron chi connectivity index (χ4n) is 4.34. The number of sulfone groups is 1. The van der Waals surface area contributed by atoms with Crippen LogP contribution in [0.1, 0.15) is 32.6 Å². The van der Waals surface area contributed by atoms with Gasteiger partial charge in [-0.25, -0.2) is 26.9 Å². The number of nitrogens with zero attached hydrogens (tertiary/aromatic N) is 3. The zero-order chi connectivity index (χ0) is 28.1. The molecule has 2 N–H and O–H groups in total. The topological polar surface area (TPSA) is 117 Å². The van der Waals surface area contributed by atoms with Gasteiger partial charge in [-0.1, -0.05) is 23.7 Å². The normalized spacial score (nSPS) is 12.8. The van der Waals surface area contributed by atoms with Crippen molar-refractivity contribution < 1.29 is 26.7 Å². The number of hydrogen-bond acceptors (Lipinski definition) is 7. The lowest BCUT2D eigenvalue weighted by Gasteiger charge is -2.11. The van der Waals surface area contributed by atoms with E-state index in [0.717, 1.165) is 29.5 Å². The second kappa shape index (κ2) is 9.90. The molecule has 8 nitrogen and oxygen atoms in total. The number of rotatable bonds is 7. The third-order valence-corrected chi connectivity index (χ3v) is 7.38. The first-order chi connectivity index (χ1) is 18.4. The second-order valence-corrected chi connectivity index (χ2v) is 11.8. The maximum absolute atomic E-state index is 13.9. The summed E-state index contributed by atoms with van der Waals surface area (Å²) >= 11 is 6.28. The van der Waals surface area contributed by atoms with Gasteiger partial charge in [-0.2, -0.15) is 5.10 Å². The first kappa shape index (κ1) is 26.5. The van der Waals surface area contributed by atoms with Gasteiger partial charge in [0.15, 0.2) is 27.3 Å². The molecule has 0 spiro atoms. The van der Waals surface area contributed by atoms with Gasteiger partial charge in [0.2, 0.25) is 11.6 Å². The quantitative estimate of drug-likeness (QED) is 0.302. The number of ketones is 1. The van der Waals surface area contributed by atoms with Crippen molar-refractivity contribution in [3.8, 4) is 17.3 Å². The number of benzene rings is 2. The monoisotopic (exact) mass is 570 g/mol. The molecule has 1 aliphatic rings. The van der Waals surface area contributed by atoms with Crippen LogP contribution < -0.4 is 10.5 Å². The van der Waals surface area contributed by atoms with Gasteiger partial charge in [-0.15, -0.1) is 0 Å². The van der Waals surface area contributed by atoms with Gasteiger partial charge in [0.25, 0.3) is 0 Å². The SMILES string of the molecule is Cc1cc(Oc2c(F)cccc2F)ncc1-n1ncc(C(=O)C2=Cc3cc(Cl)c(CS(C)(=O)=O)cc3C2)c1N. The number of carbonyl (C=O) groups excluding carboxylic acids is 1. The summed E-state index contributed by atoms with van der Waals surface area (Å²) < 4.78 is 58.0. The molecule has 0 saturated carbocycles. The molecule has 2 aromatic carbocycles. The Labute approximate surface area is 227 Å². The average molecular weight is 571 g/mol. The Morgan fingerprint density at radius 3 is 2.56 bits per heavy atom. The Morgan fingerprint density at radius 1 is 1.18 bits per heavy atom. The van der Waals surface area contributed by atoms with Crippen molar-refractivity contribution in [1.29, 1.82) is 0 Å². The van der Waals surface area contributed by atoms with Crippen molar-refractivity contribution in [2.75, 3.05) is 12.0 Å². The molecule has 12 heteroatoms. The van der Waals surface area contributed by atoms with Crippen LogP contribution >= 0.6 is 11.6 Å². The highest BCUT2D eigenvalue weighted by atomic mass is 35.5. The van der Waals surface area contributed by atoms with E-state index in [2.05, 4.69) is 10.1 Å². The molecule has 4 aromatic rings. The molecule has 0 aliphatic heterocycles. The lowest BCUT2D eigenvalue weighted by Crippen LogP contribution is -2.09. The lowest BCUT2D eigenvalue weighted by atomic mass is 10.0. The number of allylic oxidation sites excluding steroid dienone is 1. The molecular formula is C27H21ClF2N4O4S. The van der Waals surface area contributed by atoms with E-state index in [1.54, 1.807) is 25.1 Å².